The van der Waals surface area contributed by atoms with Crippen LogP contribution in [0.25, 0.3) is 0 Å². The highest BCUT2D eigenvalue weighted by Crippen LogP contribution is 2.38. The molecule has 1 aliphatic carbocycles. The van der Waals surface area contributed by atoms with E-state index in [1.807, 2.05) is 0 Å². The second-order valence-corrected chi connectivity index (χ2v) is 6.44. The van der Waals surface area contributed by atoms with E-state index in [0.717, 1.165) is 18.3 Å². The van der Waals surface area contributed by atoms with Crippen molar-refractivity contribution in [1.82, 2.24) is 0 Å². The highest BCUT2D eigenvalue weighted by atomic mass is 14.7. The van der Waals surface area contributed by atoms with E-state index < -0.39 is 0 Å². The lowest BCUT2D eigenvalue weighted by Gasteiger charge is -2.23. The SMILES string of the molecule is CC(C)Cc1ccc(C(N)C2CCCC2C)cc1. The normalized spacial score (nSPS) is 25.6. The first-order chi connectivity index (χ1) is 8.58. The molecule has 1 nitrogen and oxygen atoms in total. The van der Waals surface area contributed by atoms with Crippen molar-refractivity contribution in [1.29, 1.82) is 0 Å². The first-order valence-corrected chi connectivity index (χ1v) is 7.42. The van der Waals surface area contributed by atoms with Gasteiger partial charge < -0.3 is 5.73 Å². The Bertz CT molecular complexity index is 366. The van der Waals surface area contributed by atoms with Crippen LogP contribution in [0.15, 0.2) is 24.3 Å². The van der Waals surface area contributed by atoms with E-state index in [9.17, 15) is 0 Å². The van der Waals surface area contributed by atoms with Crippen LogP contribution in [0.1, 0.15) is 57.2 Å². The Kier molecular flexibility index (Phi) is 4.45. The van der Waals surface area contributed by atoms with Crippen LogP contribution in [-0.2, 0) is 6.42 Å². The molecule has 3 atom stereocenters. The van der Waals surface area contributed by atoms with E-state index in [-0.39, 0.29) is 6.04 Å². The Balaban J connectivity index is 2.04. The Morgan fingerprint density at radius 3 is 2.33 bits per heavy atom. The molecular formula is C17H27N. The third-order valence-electron chi connectivity index (χ3n) is 4.40. The summed E-state index contributed by atoms with van der Waals surface area (Å²) >= 11 is 0. The van der Waals surface area contributed by atoms with Gasteiger partial charge in [0.15, 0.2) is 0 Å². The van der Waals surface area contributed by atoms with Gasteiger partial charge in [-0.05, 0) is 41.7 Å². The average molecular weight is 245 g/mol. The van der Waals surface area contributed by atoms with Crippen LogP contribution in [0.3, 0.4) is 0 Å². The molecule has 0 saturated heterocycles. The topological polar surface area (TPSA) is 26.0 Å². The molecule has 1 aromatic rings. The van der Waals surface area contributed by atoms with Gasteiger partial charge in [-0.2, -0.15) is 0 Å². The van der Waals surface area contributed by atoms with E-state index in [4.69, 9.17) is 5.73 Å². The lowest BCUT2D eigenvalue weighted by Crippen LogP contribution is -2.23. The van der Waals surface area contributed by atoms with Crippen molar-refractivity contribution in [2.75, 3.05) is 0 Å². The first-order valence-electron chi connectivity index (χ1n) is 7.42. The fourth-order valence-corrected chi connectivity index (χ4v) is 3.30. The minimum absolute atomic E-state index is 0.232. The fraction of sp³-hybridized carbons (Fsp3) is 0.647. The molecule has 0 spiro atoms. The maximum atomic E-state index is 6.44. The van der Waals surface area contributed by atoms with Gasteiger partial charge in [-0.3, -0.25) is 0 Å². The van der Waals surface area contributed by atoms with Crippen molar-refractivity contribution in [3.05, 3.63) is 35.4 Å². The third kappa shape index (κ3) is 3.14. The van der Waals surface area contributed by atoms with Crippen molar-refractivity contribution < 1.29 is 0 Å². The molecule has 0 aliphatic heterocycles. The van der Waals surface area contributed by atoms with Crippen LogP contribution < -0.4 is 5.73 Å². The fourth-order valence-electron chi connectivity index (χ4n) is 3.30. The van der Waals surface area contributed by atoms with Crippen molar-refractivity contribution in [3.8, 4) is 0 Å². The lowest BCUT2D eigenvalue weighted by atomic mass is 9.86. The molecule has 1 saturated carbocycles. The molecule has 1 heteroatoms. The number of rotatable bonds is 4. The maximum absolute atomic E-state index is 6.44. The summed E-state index contributed by atoms with van der Waals surface area (Å²) in [4.78, 5) is 0. The van der Waals surface area contributed by atoms with Crippen LogP contribution in [0.4, 0.5) is 0 Å². The Labute approximate surface area is 112 Å². The lowest BCUT2D eigenvalue weighted by molar-refractivity contribution is 0.351. The number of hydrogen-bond acceptors (Lipinski definition) is 1. The second kappa shape index (κ2) is 5.88. The maximum Gasteiger partial charge on any atom is 0.0326 e. The van der Waals surface area contributed by atoms with Crippen LogP contribution in [0, 0.1) is 17.8 Å². The largest absolute Gasteiger partial charge is 0.324 e. The van der Waals surface area contributed by atoms with Gasteiger partial charge in [0.25, 0.3) is 0 Å². The van der Waals surface area contributed by atoms with Gasteiger partial charge in [0.1, 0.15) is 0 Å². The smallest absolute Gasteiger partial charge is 0.0326 e. The van der Waals surface area contributed by atoms with E-state index in [1.54, 1.807) is 0 Å². The number of benzene rings is 1. The molecule has 0 bridgehead atoms. The zero-order valence-electron chi connectivity index (χ0n) is 12.0. The Hall–Kier alpha value is -0.820. The summed E-state index contributed by atoms with van der Waals surface area (Å²) in [6, 6.07) is 9.24. The van der Waals surface area contributed by atoms with Crippen molar-refractivity contribution in [2.24, 2.45) is 23.5 Å². The number of hydrogen-bond donors (Lipinski definition) is 1. The Morgan fingerprint density at radius 1 is 1.17 bits per heavy atom. The monoisotopic (exact) mass is 245 g/mol. The summed E-state index contributed by atoms with van der Waals surface area (Å²) in [6.07, 6.45) is 5.17. The van der Waals surface area contributed by atoms with E-state index >= 15 is 0 Å². The Morgan fingerprint density at radius 2 is 1.83 bits per heavy atom. The van der Waals surface area contributed by atoms with Gasteiger partial charge in [0.05, 0.1) is 0 Å². The van der Waals surface area contributed by atoms with Crippen LogP contribution in [0.5, 0.6) is 0 Å². The zero-order valence-corrected chi connectivity index (χ0v) is 12.0. The summed E-state index contributed by atoms with van der Waals surface area (Å²) in [5, 5.41) is 0. The zero-order chi connectivity index (χ0) is 13.1. The van der Waals surface area contributed by atoms with Gasteiger partial charge in [-0.1, -0.05) is 57.9 Å². The molecule has 1 fully saturated rings. The first kappa shape index (κ1) is 13.6. The molecule has 3 unspecified atom stereocenters. The molecule has 0 radical (unpaired) electrons. The molecule has 2 N–H and O–H groups in total. The van der Waals surface area contributed by atoms with E-state index in [0.29, 0.717) is 5.92 Å². The quantitative estimate of drug-likeness (QED) is 0.840. The van der Waals surface area contributed by atoms with Crippen LogP contribution >= 0.6 is 0 Å². The van der Waals surface area contributed by atoms with Crippen molar-refractivity contribution in [2.45, 2.75) is 52.5 Å². The standard InChI is InChI=1S/C17H27N/c1-12(2)11-14-7-9-15(10-8-14)17(18)16-6-4-5-13(16)3/h7-10,12-13,16-17H,4-6,11,18H2,1-3H3. The average Bonchev–Trinajstić information content (AvgIpc) is 2.75. The predicted octanol–water partition coefficient (Wildman–Crippen LogP) is 4.32. The molecule has 100 valence electrons. The van der Waals surface area contributed by atoms with Crippen LogP contribution in [-0.4, -0.2) is 0 Å². The van der Waals surface area contributed by atoms with Gasteiger partial charge in [-0.25, -0.2) is 0 Å². The molecule has 2 rings (SSSR count). The molecule has 18 heavy (non-hydrogen) atoms. The summed E-state index contributed by atoms with van der Waals surface area (Å²) < 4.78 is 0. The van der Waals surface area contributed by atoms with Gasteiger partial charge >= 0.3 is 0 Å². The molecular weight excluding hydrogens is 218 g/mol. The molecule has 1 aromatic carbocycles. The summed E-state index contributed by atoms with van der Waals surface area (Å²) in [7, 11) is 0. The van der Waals surface area contributed by atoms with Crippen molar-refractivity contribution >= 4 is 0 Å². The summed E-state index contributed by atoms with van der Waals surface area (Å²) in [5.41, 5.74) is 9.19. The predicted molar refractivity (Wildman–Crippen MR) is 78.4 cm³/mol. The minimum Gasteiger partial charge on any atom is -0.324 e. The third-order valence-corrected chi connectivity index (χ3v) is 4.40. The van der Waals surface area contributed by atoms with E-state index in [2.05, 4.69) is 45.0 Å². The highest BCUT2D eigenvalue weighted by molar-refractivity contribution is 5.26. The van der Waals surface area contributed by atoms with Gasteiger partial charge in [0, 0.05) is 6.04 Å². The second-order valence-electron chi connectivity index (χ2n) is 6.44. The van der Waals surface area contributed by atoms with Crippen molar-refractivity contribution in [3.63, 3.8) is 0 Å². The number of nitrogens with two attached hydrogens (primary N) is 1. The molecule has 0 aromatic heterocycles. The van der Waals surface area contributed by atoms with Crippen LogP contribution in [0.2, 0.25) is 0 Å². The van der Waals surface area contributed by atoms with Gasteiger partial charge in [-0.15, -0.1) is 0 Å². The molecule has 1 aliphatic rings. The summed E-state index contributed by atoms with van der Waals surface area (Å²) in [6.45, 7) is 6.88. The molecule has 0 heterocycles. The summed E-state index contributed by atoms with van der Waals surface area (Å²) in [5.74, 6) is 2.19. The highest BCUT2D eigenvalue weighted by Gasteiger charge is 2.29. The van der Waals surface area contributed by atoms with E-state index in [1.165, 1.54) is 30.4 Å². The minimum atomic E-state index is 0.232. The van der Waals surface area contributed by atoms with Gasteiger partial charge in [0.2, 0.25) is 0 Å². The molecule has 0 amide bonds.